The number of aromatic nitrogens is 3. The van der Waals surface area contributed by atoms with E-state index in [0.717, 1.165) is 41.4 Å². The van der Waals surface area contributed by atoms with Crippen LogP contribution in [0.15, 0.2) is 71.3 Å². The van der Waals surface area contributed by atoms with E-state index in [1.807, 2.05) is 78.6 Å². The Labute approximate surface area is 204 Å². The second-order valence-corrected chi connectivity index (χ2v) is 8.50. The molecule has 0 saturated carbocycles. The van der Waals surface area contributed by atoms with Crippen LogP contribution in [0.1, 0.15) is 21.9 Å². The van der Waals surface area contributed by atoms with E-state index in [1.54, 1.807) is 7.11 Å². The third kappa shape index (κ3) is 5.07. The summed E-state index contributed by atoms with van der Waals surface area (Å²) in [5.74, 6) is 1.92. The van der Waals surface area contributed by atoms with Crippen molar-refractivity contribution in [2.24, 2.45) is 0 Å². The number of aryl methyl sites for hydroxylation is 1. The molecule has 35 heavy (non-hydrogen) atoms. The minimum absolute atomic E-state index is 0.0221. The average Bonchev–Trinajstić information content (AvgIpc) is 3.37. The molecule has 178 valence electrons. The first kappa shape index (κ1) is 22.7. The fourth-order valence-corrected chi connectivity index (χ4v) is 4.20. The summed E-state index contributed by atoms with van der Waals surface area (Å²) in [6.45, 7) is 5.20. The summed E-state index contributed by atoms with van der Waals surface area (Å²) < 4.78 is 10.7. The number of hydrogen-bond acceptors (Lipinski definition) is 7. The van der Waals surface area contributed by atoms with Crippen molar-refractivity contribution in [1.29, 1.82) is 0 Å². The van der Waals surface area contributed by atoms with Crippen LogP contribution in [0.3, 0.4) is 0 Å². The lowest BCUT2D eigenvalue weighted by Crippen LogP contribution is -2.48. The van der Waals surface area contributed by atoms with E-state index in [9.17, 15) is 4.79 Å². The van der Waals surface area contributed by atoms with Gasteiger partial charge in [0.15, 0.2) is 0 Å². The third-order valence-corrected chi connectivity index (χ3v) is 6.22. The number of benzene rings is 2. The molecule has 0 aliphatic carbocycles. The summed E-state index contributed by atoms with van der Waals surface area (Å²) in [5.41, 5.74) is 4.19. The van der Waals surface area contributed by atoms with Crippen LogP contribution < -0.4 is 4.74 Å². The molecule has 0 N–H and O–H groups in total. The number of carbonyl (C=O) groups is 1. The van der Waals surface area contributed by atoms with E-state index in [4.69, 9.17) is 9.26 Å². The number of carbonyl (C=O) groups excluding carboxylic acids is 1. The first-order valence-electron chi connectivity index (χ1n) is 11.6. The molecule has 8 heteroatoms. The molecular weight excluding hydrogens is 442 g/mol. The lowest BCUT2D eigenvalue weighted by atomic mass is 10.1. The number of methoxy groups -OCH3 is 1. The SMILES string of the molecule is COc1ccc(-c2noc(CN3CCN(C(=O)c4ccc(-c5ccccc5)nc4C)CC3)n2)cc1. The summed E-state index contributed by atoms with van der Waals surface area (Å²) in [7, 11) is 1.63. The normalized spacial score (nSPS) is 14.2. The van der Waals surface area contributed by atoms with Crippen molar-refractivity contribution in [2.75, 3.05) is 33.3 Å². The Kier molecular flexibility index (Phi) is 6.54. The summed E-state index contributed by atoms with van der Waals surface area (Å²) in [6, 6.07) is 21.3. The van der Waals surface area contributed by atoms with E-state index < -0.39 is 0 Å². The monoisotopic (exact) mass is 469 g/mol. The number of hydrogen-bond donors (Lipinski definition) is 0. The number of amides is 1. The second kappa shape index (κ2) is 10.1. The molecule has 5 rings (SSSR count). The van der Waals surface area contributed by atoms with Gasteiger partial charge in [0, 0.05) is 37.3 Å². The van der Waals surface area contributed by atoms with Crippen LogP contribution in [0.4, 0.5) is 0 Å². The lowest BCUT2D eigenvalue weighted by Gasteiger charge is -2.34. The van der Waals surface area contributed by atoms with Gasteiger partial charge in [-0.25, -0.2) is 0 Å². The van der Waals surface area contributed by atoms with Crippen LogP contribution in [0.2, 0.25) is 0 Å². The Morgan fingerprint density at radius 1 is 0.914 bits per heavy atom. The number of rotatable bonds is 6. The lowest BCUT2D eigenvalue weighted by molar-refractivity contribution is 0.0614. The quantitative estimate of drug-likeness (QED) is 0.421. The van der Waals surface area contributed by atoms with Gasteiger partial charge >= 0.3 is 0 Å². The van der Waals surface area contributed by atoms with E-state index in [1.165, 1.54) is 0 Å². The van der Waals surface area contributed by atoms with Gasteiger partial charge in [0.2, 0.25) is 11.7 Å². The van der Waals surface area contributed by atoms with Gasteiger partial charge in [-0.2, -0.15) is 4.98 Å². The highest BCUT2D eigenvalue weighted by atomic mass is 16.5. The molecule has 4 aromatic rings. The number of piperazine rings is 1. The van der Waals surface area contributed by atoms with Gasteiger partial charge in [0.05, 0.1) is 30.6 Å². The van der Waals surface area contributed by atoms with Gasteiger partial charge in [0.25, 0.3) is 5.91 Å². The second-order valence-electron chi connectivity index (χ2n) is 8.50. The third-order valence-electron chi connectivity index (χ3n) is 6.22. The number of pyridine rings is 1. The highest BCUT2D eigenvalue weighted by Gasteiger charge is 2.25. The number of ether oxygens (including phenoxy) is 1. The van der Waals surface area contributed by atoms with E-state index >= 15 is 0 Å². The molecule has 2 aromatic heterocycles. The maximum atomic E-state index is 13.2. The largest absolute Gasteiger partial charge is 0.497 e. The van der Waals surface area contributed by atoms with E-state index in [-0.39, 0.29) is 5.91 Å². The molecule has 0 spiro atoms. The summed E-state index contributed by atoms with van der Waals surface area (Å²) in [6.07, 6.45) is 0. The van der Waals surface area contributed by atoms with Gasteiger partial charge in [-0.1, -0.05) is 35.5 Å². The zero-order valence-corrected chi connectivity index (χ0v) is 19.8. The van der Waals surface area contributed by atoms with Crippen LogP contribution in [-0.2, 0) is 6.54 Å². The minimum atomic E-state index is 0.0221. The molecule has 1 amide bonds. The molecule has 0 unspecified atom stereocenters. The molecule has 3 heterocycles. The summed E-state index contributed by atoms with van der Waals surface area (Å²) >= 11 is 0. The summed E-state index contributed by atoms with van der Waals surface area (Å²) in [5, 5.41) is 4.10. The molecule has 2 aromatic carbocycles. The molecule has 8 nitrogen and oxygen atoms in total. The number of nitrogens with zero attached hydrogens (tertiary/aromatic N) is 5. The van der Waals surface area contributed by atoms with Crippen LogP contribution in [0.5, 0.6) is 5.75 Å². The maximum absolute atomic E-state index is 13.2. The average molecular weight is 470 g/mol. The molecular formula is C27H27N5O3. The Bertz CT molecular complexity index is 1300. The smallest absolute Gasteiger partial charge is 0.255 e. The van der Waals surface area contributed by atoms with Gasteiger partial charge in [0.1, 0.15) is 5.75 Å². The Morgan fingerprint density at radius 2 is 1.66 bits per heavy atom. The first-order chi connectivity index (χ1) is 17.1. The topological polar surface area (TPSA) is 84.6 Å². The van der Waals surface area contributed by atoms with Crippen LogP contribution in [0, 0.1) is 6.92 Å². The maximum Gasteiger partial charge on any atom is 0.255 e. The van der Waals surface area contributed by atoms with Crippen LogP contribution in [0.25, 0.3) is 22.6 Å². The fraction of sp³-hybridized carbons (Fsp3) is 0.259. The van der Waals surface area contributed by atoms with Crippen molar-refractivity contribution in [2.45, 2.75) is 13.5 Å². The van der Waals surface area contributed by atoms with Crippen molar-refractivity contribution in [3.8, 4) is 28.4 Å². The Hall–Kier alpha value is -4.04. The van der Waals surface area contributed by atoms with Crippen LogP contribution in [-0.4, -0.2) is 64.1 Å². The molecule has 1 saturated heterocycles. The van der Waals surface area contributed by atoms with E-state index in [2.05, 4.69) is 20.0 Å². The van der Waals surface area contributed by atoms with Gasteiger partial charge < -0.3 is 14.2 Å². The molecule has 1 aliphatic heterocycles. The zero-order valence-electron chi connectivity index (χ0n) is 19.8. The van der Waals surface area contributed by atoms with Crippen molar-refractivity contribution >= 4 is 5.91 Å². The molecule has 0 radical (unpaired) electrons. The van der Waals surface area contributed by atoms with Crippen molar-refractivity contribution in [3.63, 3.8) is 0 Å². The van der Waals surface area contributed by atoms with Crippen molar-refractivity contribution in [3.05, 3.63) is 83.9 Å². The standard InChI is InChI=1S/C27H27N5O3/c1-19-23(12-13-24(28-19)20-6-4-3-5-7-20)27(33)32-16-14-31(15-17-32)18-25-29-26(30-35-25)21-8-10-22(34-2)11-9-21/h3-13H,14-18H2,1-2H3. The molecule has 1 aliphatic rings. The Morgan fingerprint density at radius 3 is 2.34 bits per heavy atom. The van der Waals surface area contributed by atoms with Crippen molar-refractivity contribution in [1.82, 2.24) is 24.9 Å². The minimum Gasteiger partial charge on any atom is -0.497 e. The Balaban J connectivity index is 1.18. The van der Waals surface area contributed by atoms with Gasteiger partial charge in [-0.05, 0) is 43.3 Å². The molecule has 0 bridgehead atoms. The fourth-order valence-electron chi connectivity index (χ4n) is 4.20. The van der Waals surface area contributed by atoms with Crippen molar-refractivity contribution < 1.29 is 14.1 Å². The van der Waals surface area contributed by atoms with Gasteiger partial charge in [-0.3, -0.25) is 14.7 Å². The highest BCUT2D eigenvalue weighted by Crippen LogP contribution is 2.22. The predicted octanol–water partition coefficient (Wildman–Crippen LogP) is 4.07. The predicted molar refractivity (Wildman–Crippen MR) is 132 cm³/mol. The summed E-state index contributed by atoms with van der Waals surface area (Å²) in [4.78, 5) is 26.5. The van der Waals surface area contributed by atoms with Crippen LogP contribution >= 0.6 is 0 Å². The van der Waals surface area contributed by atoms with Gasteiger partial charge in [-0.15, -0.1) is 0 Å². The first-order valence-corrected chi connectivity index (χ1v) is 11.6. The zero-order chi connectivity index (χ0) is 24.2. The highest BCUT2D eigenvalue weighted by molar-refractivity contribution is 5.95. The molecule has 1 fully saturated rings. The van der Waals surface area contributed by atoms with E-state index in [0.29, 0.717) is 36.9 Å². The molecule has 0 atom stereocenters.